The fraction of sp³-hybridized carbons (Fsp3) is 0.389. The monoisotopic (exact) mass is 362 g/mol. The van der Waals surface area contributed by atoms with Crippen LogP contribution in [0.25, 0.3) is 10.9 Å². The van der Waals surface area contributed by atoms with Crippen LogP contribution in [0.2, 0.25) is 0 Å². The molecule has 3 rings (SSSR count). The van der Waals surface area contributed by atoms with Crippen molar-refractivity contribution in [3.05, 3.63) is 54.9 Å². The molecule has 1 aromatic heterocycles. The Morgan fingerprint density at radius 3 is 2.96 bits per heavy atom. The largest absolute Gasteiger partial charge is 0.376 e. The number of benzene rings is 1. The Bertz CT molecular complexity index is 847. The van der Waals surface area contributed by atoms with E-state index in [2.05, 4.69) is 11.6 Å². The van der Waals surface area contributed by atoms with Gasteiger partial charge in [0, 0.05) is 24.4 Å². The molecule has 6 nitrogen and oxygen atoms in total. The number of pyridine rings is 1. The first kappa shape index (κ1) is 17.8. The van der Waals surface area contributed by atoms with Crippen molar-refractivity contribution in [2.45, 2.75) is 30.7 Å². The molecule has 134 valence electrons. The average molecular weight is 362 g/mol. The maximum atomic E-state index is 12.7. The zero-order valence-electron chi connectivity index (χ0n) is 13.9. The molecule has 2 atom stereocenters. The molecular weight excluding hydrogens is 340 g/mol. The summed E-state index contributed by atoms with van der Waals surface area (Å²) in [7, 11) is -3.46. The van der Waals surface area contributed by atoms with Gasteiger partial charge in [0.1, 0.15) is 0 Å². The molecule has 0 unspecified atom stereocenters. The first-order chi connectivity index (χ1) is 12.0. The molecule has 0 saturated carbocycles. The maximum absolute atomic E-state index is 12.7. The lowest BCUT2D eigenvalue weighted by Crippen LogP contribution is -2.43. The minimum absolute atomic E-state index is 0.126. The van der Waals surface area contributed by atoms with Crippen LogP contribution in [0.15, 0.2) is 49.3 Å². The Kier molecular flexibility index (Phi) is 5.36. The molecule has 1 aromatic carbocycles. The quantitative estimate of drug-likeness (QED) is 0.763. The van der Waals surface area contributed by atoms with Crippen LogP contribution < -0.4 is 0 Å². The topological polar surface area (TPSA) is 79.7 Å². The first-order valence-electron chi connectivity index (χ1n) is 8.24. The van der Waals surface area contributed by atoms with Crippen LogP contribution in [-0.2, 0) is 20.3 Å². The van der Waals surface area contributed by atoms with Gasteiger partial charge in [0.25, 0.3) is 0 Å². The number of fused-ring (bicyclic) bond motifs is 1. The number of hydrogen-bond donors (Lipinski definition) is 1. The molecule has 0 aliphatic carbocycles. The van der Waals surface area contributed by atoms with E-state index < -0.39 is 15.9 Å². The second-order valence-corrected chi connectivity index (χ2v) is 8.38. The van der Waals surface area contributed by atoms with Gasteiger partial charge in [-0.2, -0.15) is 0 Å². The highest BCUT2D eigenvalue weighted by Gasteiger charge is 2.33. The molecule has 1 fully saturated rings. The van der Waals surface area contributed by atoms with E-state index in [0.29, 0.717) is 12.2 Å². The number of sulfone groups is 1. The molecule has 25 heavy (non-hydrogen) atoms. The minimum Gasteiger partial charge on any atom is -0.376 e. The normalized spacial score (nSPS) is 19.0. The van der Waals surface area contributed by atoms with Gasteiger partial charge in [0.15, 0.2) is 9.84 Å². The van der Waals surface area contributed by atoms with Gasteiger partial charge in [0.2, 0.25) is 0 Å². The van der Waals surface area contributed by atoms with Crippen molar-refractivity contribution >= 4 is 20.7 Å². The van der Waals surface area contributed by atoms with Gasteiger partial charge in [0.05, 0.1) is 29.2 Å². The third-order valence-electron chi connectivity index (χ3n) is 4.38. The van der Waals surface area contributed by atoms with Gasteiger partial charge in [-0.25, -0.2) is 8.42 Å². The summed E-state index contributed by atoms with van der Waals surface area (Å²) in [5.74, 6) is -0.327. The number of nitrogens with zero attached hydrogens (tertiary/aromatic N) is 2. The molecular formula is C18H22N2O4S. The van der Waals surface area contributed by atoms with Crippen molar-refractivity contribution in [2.24, 2.45) is 0 Å². The molecule has 2 heterocycles. The van der Waals surface area contributed by atoms with Crippen LogP contribution in [-0.4, -0.2) is 48.2 Å². The minimum atomic E-state index is -3.46. The van der Waals surface area contributed by atoms with Crippen LogP contribution >= 0.6 is 0 Å². The van der Waals surface area contributed by atoms with Crippen LogP contribution in [0.3, 0.4) is 0 Å². The van der Waals surface area contributed by atoms with E-state index in [4.69, 9.17) is 4.74 Å². The summed E-state index contributed by atoms with van der Waals surface area (Å²) < 4.78 is 30.9. The smallest absolute Gasteiger partial charge is 0.156 e. The number of aromatic nitrogens is 1. The summed E-state index contributed by atoms with van der Waals surface area (Å²) >= 11 is 0. The predicted octanol–water partition coefficient (Wildman–Crippen LogP) is 2.53. The van der Waals surface area contributed by atoms with Crippen molar-refractivity contribution in [3.63, 3.8) is 0 Å². The van der Waals surface area contributed by atoms with Gasteiger partial charge < -0.3 is 4.74 Å². The summed E-state index contributed by atoms with van der Waals surface area (Å²) in [5, 5.41) is 11.8. The summed E-state index contributed by atoms with van der Waals surface area (Å²) in [6.45, 7) is 4.10. The molecule has 1 aliphatic rings. The van der Waals surface area contributed by atoms with Gasteiger partial charge in [-0.05, 0) is 30.5 Å². The Morgan fingerprint density at radius 2 is 2.24 bits per heavy atom. The molecule has 0 radical (unpaired) electrons. The summed E-state index contributed by atoms with van der Waals surface area (Å²) in [6.07, 6.45) is 4.08. The summed E-state index contributed by atoms with van der Waals surface area (Å²) in [5.41, 5.74) is 1.46. The van der Waals surface area contributed by atoms with Gasteiger partial charge in [-0.1, -0.05) is 24.8 Å². The Hall–Kier alpha value is -1.96. The fourth-order valence-corrected chi connectivity index (χ4v) is 4.84. The molecule has 1 N–H and O–H groups in total. The van der Waals surface area contributed by atoms with Crippen LogP contribution in [0, 0.1) is 0 Å². The number of rotatable bonds is 7. The van der Waals surface area contributed by atoms with Gasteiger partial charge in [-0.3, -0.25) is 15.3 Å². The summed E-state index contributed by atoms with van der Waals surface area (Å²) in [4.78, 5) is 4.31. The highest BCUT2D eigenvalue weighted by Crippen LogP contribution is 2.22. The van der Waals surface area contributed by atoms with Crippen LogP contribution in [0.5, 0.6) is 0 Å². The lowest BCUT2D eigenvalue weighted by Gasteiger charge is -2.28. The number of ether oxygens (including phenoxy) is 1. The van der Waals surface area contributed by atoms with Crippen molar-refractivity contribution in [3.8, 4) is 0 Å². The Labute approximate surface area is 147 Å². The van der Waals surface area contributed by atoms with E-state index in [1.807, 2.05) is 30.3 Å². The van der Waals surface area contributed by atoms with Crippen molar-refractivity contribution in [2.75, 3.05) is 12.4 Å². The second-order valence-electron chi connectivity index (χ2n) is 6.27. The zero-order chi connectivity index (χ0) is 17.9. The second kappa shape index (κ2) is 7.51. The van der Waals surface area contributed by atoms with Crippen LogP contribution in [0.1, 0.15) is 18.4 Å². The fourth-order valence-electron chi connectivity index (χ4n) is 3.16. The van der Waals surface area contributed by atoms with E-state index in [-0.39, 0.29) is 17.6 Å². The highest BCUT2D eigenvalue weighted by atomic mass is 32.2. The molecule has 7 heteroatoms. The third-order valence-corrected chi connectivity index (χ3v) is 6.00. The third kappa shape index (κ3) is 4.36. The maximum Gasteiger partial charge on any atom is 0.156 e. The predicted molar refractivity (Wildman–Crippen MR) is 95.8 cm³/mol. The van der Waals surface area contributed by atoms with E-state index in [0.717, 1.165) is 28.8 Å². The SMILES string of the molecule is C=CN(O)[C@H](CS(=O)(=O)Cc1cnc2ccccc2c1)[C@H]1CCCO1. The van der Waals surface area contributed by atoms with E-state index in [9.17, 15) is 13.6 Å². The first-order valence-corrected chi connectivity index (χ1v) is 10.1. The van der Waals surface area contributed by atoms with Crippen LogP contribution in [0.4, 0.5) is 0 Å². The lowest BCUT2D eigenvalue weighted by atomic mass is 10.1. The molecule has 0 spiro atoms. The Balaban J connectivity index is 1.77. The summed E-state index contributed by atoms with van der Waals surface area (Å²) in [6, 6.07) is 8.76. The molecule has 1 aliphatic heterocycles. The number of hydroxylamine groups is 2. The molecule has 0 amide bonds. The standard InChI is InChI=1S/C18H22N2O4S/c1-2-20(21)17(18-8-5-9-24-18)13-25(22,23)12-14-10-15-6-3-4-7-16(15)19-11-14/h2-4,6-7,10-11,17-18,21H,1,5,8-9,12-13H2/t17-,18-/m1/s1. The molecule has 0 bridgehead atoms. The van der Waals surface area contributed by atoms with Crippen molar-refractivity contribution in [1.29, 1.82) is 0 Å². The lowest BCUT2D eigenvalue weighted by molar-refractivity contribution is -0.110. The van der Waals surface area contributed by atoms with E-state index in [1.54, 1.807) is 6.20 Å². The van der Waals surface area contributed by atoms with Gasteiger partial charge >= 0.3 is 0 Å². The van der Waals surface area contributed by atoms with E-state index >= 15 is 0 Å². The van der Waals surface area contributed by atoms with E-state index in [1.165, 1.54) is 6.20 Å². The average Bonchev–Trinajstić information content (AvgIpc) is 3.13. The molecule has 1 saturated heterocycles. The zero-order valence-corrected chi connectivity index (χ0v) is 14.7. The highest BCUT2D eigenvalue weighted by molar-refractivity contribution is 7.90. The molecule has 2 aromatic rings. The van der Waals surface area contributed by atoms with Gasteiger partial charge in [-0.15, -0.1) is 0 Å². The van der Waals surface area contributed by atoms with Crippen molar-refractivity contribution < 1.29 is 18.4 Å². The Morgan fingerprint density at radius 1 is 1.44 bits per heavy atom. The number of para-hydroxylation sites is 1. The number of hydrogen-bond acceptors (Lipinski definition) is 6. The van der Waals surface area contributed by atoms with Crippen molar-refractivity contribution in [1.82, 2.24) is 10.0 Å².